The van der Waals surface area contributed by atoms with E-state index in [1.165, 1.54) is 6.07 Å². The van der Waals surface area contributed by atoms with Gasteiger partial charge in [-0.1, -0.05) is 19.1 Å². The molecule has 0 spiro atoms. The maximum absolute atomic E-state index is 12.0. The Morgan fingerprint density at radius 1 is 1.33 bits per heavy atom. The van der Waals surface area contributed by atoms with Gasteiger partial charge in [0, 0.05) is 0 Å². The lowest BCUT2D eigenvalue weighted by molar-refractivity contribution is 0.0651. The number of aliphatic hydroxyl groups excluding tert-OH is 2. The summed E-state index contributed by atoms with van der Waals surface area (Å²) in [6.45, 7) is 2.72. The first-order valence-electron chi connectivity index (χ1n) is 5.82. The molecule has 0 atom stereocenters. The lowest BCUT2D eigenvalue weighted by atomic mass is 9.97. The molecule has 1 aromatic rings. The van der Waals surface area contributed by atoms with Gasteiger partial charge in [0.2, 0.25) is 0 Å². The predicted octanol–water partition coefficient (Wildman–Crippen LogP) is 0.564. The zero-order chi connectivity index (χ0) is 13.8. The van der Waals surface area contributed by atoms with E-state index < -0.39 is 11.4 Å². The third-order valence-electron chi connectivity index (χ3n) is 3.14. The topological polar surface area (TPSA) is 89.8 Å². The van der Waals surface area contributed by atoms with Crippen LogP contribution >= 0.6 is 0 Å². The molecule has 0 aliphatic carbocycles. The molecule has 4 N–H and O–H groups in total. The molecule has 0 heterocycles. The first kappa shape index (κ1) is 14.5. The minimum absolute atomic E-state index is 0.0871. The smallest absolute Gasteiger partial charge is 0.255 e. The van der Waals surface area contributed by atoms with Crippen LogP contribution in [0.2, 0.25) is 0 Å². The van der Waals surface area contributed by atoms with E-state index in [2.05, 4.69) is 5.32 Å². The van der Waals surface area contributed by atoms with Crippen molar-refractivity contribution in [2.45, 2.75) is 25.8 Å². The van der Waals surface area contributed by atoms with Crippen molar-refractivity contribution in [2.75, 3.05) is 13.2 Å². The maximum Gasteiger partial charge on any atom is 0.255 e. The van der Waals surface area contributed by atoms with Gasteiger partial charge in [-0.05, 0) is 25.0 Å². The summed E-state index contributed by atoms with van der Waals surface area (Å²) in [6, 6.07) is 4.85. The van der Waals surface area contributed by atoms with Crippen molar-refractivity contribution in [3.8, 4) is 5.75 Å². The largest absolute Gasteiger partial charge is 0.507 e. The zero-order valence-corrected chi connectivity index (χ0v) is 10.6. The number of rotatable bonds is 5. The molecule has 0 bridgehead atoms. The average molecular weight is 253 g/mol. The van der Waals surface area contributed by atoms with E-state index >= 15 is 0 Å². The second-order valence-electron chi connectivity index (χ2n) is 4.38. The molecular weight excluding hydrogens is 234 g/mol. The van der Waals surface area contributed by atoms with Gasteiger partial charge in [0.05, 0.1) is 24.3 Å². The Morgan fingerprint density at radius 2 is 1.94 bits per heavy atom. The Bertz CT molecular complexity index is 419. The van der Waals surface area contributed by atoms with Crippen LogP contribution in [-0.2, 0) is 0 Å². The van der Waals surface area contributed by atoms with Gasteiger partial charge in [-0.3, -0.25) is 4.79 Å². The molecule has 5 heteroatoms. The first-order valence-corrected chi connectivity index (χ1v) is 5.82. The Labute approximate surface area is 106 Å². The molecule has 1 amide bonds. The van der Waals surface area contributed by atoms with E-state index in [1.54, 1.807) is 26.0 Å². The fourth-order valence-electron chi connectivity index (χ4n) is 1.59. The number of aryl methyl sites for hydroxylation is 1. The van der Waals surface area contributed by atoms with Crippen molar-refractivity contribution in [1.29, 1.82) is 0 Å². The number of para-hydroxylation sites is 1. The van der Waals surface area contributed by atoms with E-state index in [1.807, 2.05) is 0 Å². The van der Waals surface area contributed by atoms with Gasteiger partial charge in [0.25, 0.3) is 5.91 Å². The van der Waals surface area contributed by atoms with Crippen LogP contribution in [0.15, 0.2) is 18.2 Å². The number of phenolic OH excluding ortho intramolecular Hbond substituents is 1. The lowest BCUT2D eigenvalue weighted by Crippen LogP contribution is -2.53. The van der Waals surface area contributed by atoms with Gasteiger partial charge in [0.1, 0.15) is 5.75 Å². The first-order chi connectivity index (χ1) is 8.49. The summed E-state index contributed by atoms with van der Waals surface area (Å²) in [6.07, 6.45) is 0.387. The SMILES string of the molecule is CCC(CO)(CO)NC(=O)c1cccc(C)c1O. The van der Waals surface area contributed by atoms with Crippen LogP contribution in [0.25, 0.3) is 0 Å². The summed E-state index contributed by atoms with van der Waals surface area (Å²) >= 11 is 0. The number of hydrogen-bond acceptors (Lipinski definition) is 4. The van der Waals surface area contributed by atoms with Crippen LogP contribution in [-0.4, -0.2) is 40.0 Å². The summed E-state index contributed by atoms with van der Waals surface area (Å²) in [5.74, 6) is -0.600. The third kappa shape index (κ3) is 2.80. The molecule has 5 nitrogen and oxygen atoms in total. The number of phenols is 1. The van der Waals surface area contributed by atoms with E-state index in [9.17, 15) is 20.1 Å². The fourth-order valence-corrected chi connectivity index (χ4v) is 1.59. The molecule has 0 saturated carbocycles. The van der Waals surface area contributed by atoms with Crippen molar-refractivity contribution in [2.24, 2.45) is 0 Å². The highest BCUT2D eigenvalue weighted by Crippen LogP contribution is 2.22. The normalized spacial score (nSPS) is 11.3. The predicted molar refractivity (Wildman–Crippen MR) is 67.5 cm³/mol. The maximum atomic E-state index is 12.0. The third-order valence-corrected chi connectivity index (χ3v) is 3.14. The molecule has 0 unspecified atom stereocenters. The summed E-state index contributed by atoms with van der Waals surface area (Å²) in [7, 11) is 0. The number of nitrogens with one attached hydrogen (secondary N) is 1. The summed E-state index contributed by atoms with van der Waals surface area (Å²) in [5.41, 5.74) is -0.333. The van der Waals surface area contributed by atoms with E-state index in [0.29, 0.717) is 12.0 Å². The molecule has 0 radical (unpaired) electrons. The molecule has 1 aromatic carbocycles. The van der Waals surface area contributed by atoms with Crippen molar-refractivity contribution >= 4 is 5.91 Å². The monoisotopic (exact) mass is 253 g/mol. The van der Waals surface area contributed by atoms with Crippen LogP contribution in [0, 0.1) is 6.92 Å². The second kappa shape index (κ2) is 5.84. The summed E-state index contributed by atoms with van der Waals surface area (Å²) in [4.78, 5) is 12.0. The molecule has 0 aliphatic heterocycles. The average Bonchev–Trinajstić information content (AvgIpc) is 2.39. The lowest BCUT2D eigenvalue weighted by Gasteiger charge is -2.29. The quantitative estimate of drug-likeness (QED) is 0.617. The van der Waals surface area contributed by atoms with Gasteiger partial charge < -0.3 is 20.6 Å². The van der Waals surface area contributed by atoms with Gasteiger partial charge in [0.15, 0.2) is 0 Å². The number of aromatic hydroxyl groups is 1. The van der Waals surface area contributed by atoms with E-state index in [0.717, 1.165) is 0 Å². The fraction of sp³-hybridized carbons (Fsp3) is 0.462. The van der Waals surface area contributed by atoms with Crippen LogP contribution in [0.3, 0.4) is 0 Å². The highest BCUT2D eigenvalue weighted by molar-refractivity contribution is 5.97. The molecule has 0 aliphatic rings. The van der Waals surface area contributed by atoms with Crippen molar-refractivity contribution in [3.63, 3.8) is 0 Å². The van der Waals surface area contributed by atoms with E-state index in [-0.39, 0.29) is 24.5 Å². The minimum atomic E-state index is -1.06. The molecule has 0 fully saturated rings. The number of benzene rings is 1. The highest BCUT2D eigenvalue weighted by Gasteiger charge is 2.29. The van der Waals surface area contributed by atoms with Gasteiger partial charge in [-0.2, -0.15) is 0 Å². The van der Waals surface area contributed by atoms with Crippen molar-refractivity contribution in [3.05, 3.63) is 29.3 Å². The molecule has 18 heavy (non-hydrogen) atoms. The van der Waals surface area contributed by atoms with Crippen LogP contribution in [0.4, 0.5) is 0 Å². The number of carbonyl (C=O) groups is 1. The molecule has 0 aromatic heterocycles. The number of carbonyl (C=O) groups excluding carboxylic acids is 1. The Morgan fingerprint density at radius 3 is 2.44 bits per heavy atom. The highest BCUT2D eigenvalue weighted by atomic mass is 16.3. The van der Waals surface area contributed by atoms with Crippen LogP contribution < -0.4 is 5.32 Å². The van der Waals surface area contributed by atoms with Crippen molar-refractivity contribution < 1.29 is 20.1 Å². The van der Waals surface area contributed by atoms with E-state index in [4.69, 9.17) is 0 Å². The number of hydrogen-bond donors (Lipinski definition) is 4. The summed E-state index contributed by atoms with van der Waals surface area (Å²) in [5, 5.41) is 30.9. The number of aliphatic hydroxyl groups is 2. The molecule has 1 rings (SSSR count). The zero-order valence-electron chi connectivity index (χ0n) is 10.6. The Kier molecular flexibility index (Phi) is 4.69. The standard InChI is InChI=1S/C13H19NO4/c1-3-13(7-15,8-16)14-12(18)10-6-4-5-9(2)11(10)17/h4-6,15-17H,3,7-8H2,1-2H3,(H,14,18). The van der Waals surface area contributed by atoms with Gasteiger partial charge >= 0.3 is 0 Å². The van der Waals surface area contributed by atoms with Crippen LogP contribution in [0.1, 0.15) is 29.3 Å². The Balaban J connectivity index is 2.98. The second-order valence-corrected chi connectivity index (χ2v) is 4.38. The molecule has 0 saturated heterocycles. The molecule has 100 valence electrons. The van der Waals surface area contributed by atoms with Gasteiger partial charge in [-0.15, -0.1) is 0 Å². The van der Waals surface area contributed by atoms with Gasteiger partial charge in [-0.25, -0.2) is 0 Å². The van der Waals surface area contributed by atoms with Crippen LogP contribution in [0.5, 0.6) is 5.75 Å². The minimum Gasteiger partial charge on any atom is -0.507 e. The van der Waals surface area contributed by atoms with Crippen molar-refractivity contribution in [1.82, 2.24) is 5.32 Å². The molecular formula is C13H19NO4. The number of amides is 1. The summed E-state index contributed by atoms with van der Waals surface area (Å²) < 4.78 is 0. The Hall–Kier alpha value is -1.59.